The van der Waals surface area contributed by atoms with Crippen LogP contribution in [0.1, 0.15) is 18.1 Å². The van der Waals surface area contributed by atoms with E-state index in [1.807, 2.05) is 62.4 Å². The van der Waals surface area contributed by atoms with Crippen LogP contribution in [0, 0.1) is 13.8 Å². The van der Waals surface area contributed by atoms with E-state index in [1.165, 1.54) is 5.56 Å². The smallest absolute Gasteiger partial charge is 0.265 e. The lowest BCUT2D eigenvalue weighted by atomic mass is 10.1. The number of amides is 1. The molecule has 1 atom stereocenters. The molecule has 1 N–H and O–H groups in total. The molecule has 0 fully saturated rings. The van der Waals surface area contributed by atoms with Crippen molar-refractivity contribution in [2.45, 2.75) is 26.9 Å². The molecule has 1 aromatic heterocycles. The molecule has 2 aromatic carbocycles. The number of aromatic nitrogens is 1. The average molecular weight is 320 g/mol. The van der Waals surface area contributed by atoms with Gasteiger partial charge in [0.05, 0.1) is 11.2 Å². The third kappa shape index (κ3) is 3.38. The molecule has 24 heavy (non-hydrogen) atoms. The fraction of sp³-hybridized carbons (Fsp3) is 0.200. The van der Waals surface area contributed by atoms with Gasteiger partial charge in [0.1, 0.15) is 5.75 Å². The molecular formula is C20H20N2O2. The van der Waals surface area contributed by atoms with Crippen LogP contribution in [0.15, 0.2) is 54.7 Å². The van der Waals surface area contributed by atoms with Gasteiger partial charge in [-0.2, -0.15) is 0 Å². The van der Waals surface area contributed by atoms with Crippen LogP contribution in [-0.4, -0.2) is 17.0 Å². The van der Waals surface area contributed by atoms with E-state index in [0.29, 0.717) is 5.69 Å². The van der Waals surface area contributed by atoms with E-state index in [2.05, 4.69) is 10.3 Å². The second-order valence-electron chi connectivity index (χ2n) is 5.90. The Morgan fingerprint density at radius 1 is 1.12 bits per heavy atom. The molecule has 1 heterocycles. The molecule has 122 valence electrons. The van der Waals surface area contributed by atoms with Gasteiger partial charge in [-0.05, 0) is 44.5 Å². The fourth-order valence-electron chi connectivity index (χ4n) is 2.61. The van der Waals surface area contributed by atoms with Crippen molar-refractivity contribution >= 4 is 22.5 Å². The van der Waals surface area contributed by atoms with Crippen LogP contribution in [0.25, 0.3) is 10.9 Å². The minimum atomic E-state index is -0.606. The van der Waals surface area contributed by atoms with Crippen LogP contribution in [0.4, 0.5) is 5.69 Å². The summed E-state index contributed by atoms with van der Waals surface area (Å²) in [5.41, 5.74) is 3.64. The van der Waals surface area contributed by atoms with Crippen molar-refractivity contribution in [1.82, 2.24) is 4.98 Å². The van der Waals surface area contributed by atoms with Crippen molar-refractivity contribution in [3.05, 3.63) is 65.9 Å². The van der Waals surface area contributed by atoms with E-state index in [0.717, 1.165) is 22.2 Å². The van der Waals surface area contributed by atoms with E-state index in [9.17, 15) is 4.79 Å². The second-order valence-corrected chi connectivity index (χ2v) is 5.90. The Labute approximate surface area is 141 Å². The summed E-state index contributed by atoms with van der Waals surface area (Å²) in [5, 5.41) is 3.89. The number of hydrogen-bond donors (Lipinski definition) is 1. The average Bonchev–Trinajstić information content (AvgIpc) is 2.57. The molecular weight excluding hydrogens is 300 g/mol. The van der Waals surface area contributed by atoms with E-state index in [4.69, 9.17) is 4.74 Å². The topological polar surface area (TPSA) is 51.2 Å². The molecule has 0 spiro atoms. The predicted molar refractivity (Wildman–Crippen MR) is 96.4 cm³/mol. The first-order valence-corrected chi connectivity index (χ1v) is 7.93. The van der Waals surface area contributed by atoms with Gasteiger partial charge in [0.2, 0.25) is 0 Å². The minimum Gasteiger partial charge on any atom is -0.481 e. The fourth-order valence-corrected chi connectivity index (χ4v) is 2.61. The number of pyridine rings is 1. The van der Waals surface area contributed by atoms with Crippen LogP contribution in [0.2, 0.25) is 0 Å². The maximum Gasteiger partial charge on any atom is 0.265 e. The zero-order valence-electron chi connectivity index (χ0n) is 14.0. The molecule has 0 saturated heterocycles. The summed E-state index contributed by atoms with van der Waals surface area (Å²) in [6.45, 7) is 5.75. The zero-order chi connectivity index (χ0) is 17.1. The van der Waals surface area contributed by atoms with Crippen molar-refractivity contribution < 1.29 is 9.53 Å². The van der Waals surface area contributed by atoms with E-state index < -0.39 is 6.10 Å². The van der Waals surface area contributed by atoms with Crippen LogP contribution in [0.5, 0.6) is 5.75 Å². The summed E-state index contributed by atoms with van der Waals surface area (Å²) in [7, 11) is 0. The summed E-state index contributed by atoms with van der Waals surface area (Å²) >= 11 is 0. The minimum absolute atomic E-state index is 0.201. The van der Waals surface area contributed by atoms with Gasteiger partial charge in [0.15, 0.2) is 6.10 Å². The number of aryl methyl sites for hydroxylation is 2. The summed E-state index contributed by atoms with van der Waals surface area (Å²) in [4.78, 5) is 16.8. The standard InChI is InChI=1S/C20H20N2O2/c1-13-9-10-18(14(2)12-13)24-15(3)20(23)22-17-8-4-6-16-7-5-11-21-19(16)17/h4-12,15H,1-3H3,(H,22,23). The van der Waals surface area contributed by atoms with Crippen LogP contribution in [-0.2, 0) is 4.79 Å². The number of nitrogens with one attached hydrogen (secondary N) is 1. The van der Waals surface area contributed by atoms with Crippen molar-refractivity contribution in [1.29, 1.82) is 0 Å². The largest absolute Gasteiger partial charge is 0.481 e. The number of benzene rings is 2. The number of para-hydroxylation sites is 1. The van der Waals surface area contributed by atoms with Crippen molar-refractivity contribution in [3.63, 3.8) is 0 Å². The SMILES string of the molecule is Cc1ccc(OC(C)C(=O)Nc2cccc3cccnc23)c(C)c1. The van der Waals surface area contributed by atoms with Crippen molar-refractivity contribution in [2.75, 3.05) is 5.32 Å². The van der Waals surface area contributed by atoms with E-state index in [1.54, 1.807) is 13.1 Å². The monoisotopic (exact) mass is 320 g/mol. The maximum atomic E-state index is 12.5. The lowest BCUT2D eigenvalue weighted by Crippen LogP contribution is -2.30. The van der Waals surface area contributed by atoms with Crippen LogP contribution in [0.3, 0.4) is 0 Å². The molecule has 1 amide bonds. The number of carbonyl (C=O) groups is 1. The zero-order valence-corrected chi connectivity index (χ0v) is 14.0. The van der Waals surface area contributed by atoms with Gasteiger partial charge in [-0.3, -0.25) is 9.78 Å². The van der Waals surface area contributed by atoms with E-state index in [-0.39, 0.29) is 5.91 Å². The van der Waals surface area contributed by atoms with Gasteiger partial charge in [-0.25, -0.2) is 0 Å². The number of hydrogen-bond acceptors (Lipinski definition) is 3. The Morgan fingerprint density at radius 2 is 1.92 bits per heavy atom. The quantitative estimate of drug-likeness (QED) is 0.781. The third-order valence-electron chi connectivity index (χ3n) is 3.89. The Balaban J connectivity index is 1.76. The van der Waals surface area contributed by atoms with Crippen LogP contribution < -0.4 is 10.1 Å². The molecule has 0 bridgehead atoms. The van der Waals surface area contributed by atoms with Gasteiger partial charge in [0, 0.05) is 11.6 Å². The molecule has 3 aromatic rings. The number of ether oxygens (including phenoxy) is 1. The van der Waals surface area contributed by atoms with E-state index >= 15 is 0 Å². The number of rotatable bonds is 4. The first-order chi connectivity index (χ1) is 11.5. The number of anilines is 1. The molecule has 4 nitrogen and oxygen atoms in total. The van der Waals surface area contributed by atoms with Crippen molar-refractivity contribution in [2.24, 2.45) is 0 Å². The number of carbonyl (C=O) groups excluding carboxylic acids is 1. The maximum absolute atomic E-state index is 12.5. The third-order valence-corrected chi connectivity index (χ3v) is 3.89. The van der Waals surface area contributed by atoms with Gasteiger partial charge in [0.25, 0.3) is 5.91 Å². The molecule has 0 aliphatic rings. The summed E-state index contributed by atoms with van der Waals surface area (Å²) in [5.74, 6) is 0.521. The van der Waals surface area contributed by atoms with Crippen LogP contribution >= 0.6 is 0 Å². The predicted octanol–water partition coefficient (Wildman–Crippen LogP) is 4.26. The Morgan fingerprint density at radius 3 is 2.71 bits per heavy atom. The number of fused-ring (bicyclic) bond motifs is 1. The molecule has 0 saturated carbocycles. The Kier molecular flexibility index (Phi) is 4.47. The highest BCUT2D eigenvalue weighted by molar-refractivity contribution is 6.01. The lowest BCUT2D eigenvalue weighted by Gasteiger charge is -2.17. The summed E-state index contributed by atoms with van der Waals surface area (Å²) < 4.78 is 5.81. The normalized spacial score (nSPS) is 12.0. The first kappa shape index (κ1) is 16.0. The highest BCUT2D eigenvalue weighted by Crippen LogP contribution is 2.23. The highest BCUT2D eigenvalue weighted by Gasteiger charge is 2.17. The molecule has 1 unspecified atom stereocenters. The molecule has 3 rings (SSSR count). The van der Waals surface area contributed by atoms with Gasteiger partial charge in [-0.1, -0.05) is 35.9 Å². The summed E-state index contributed by atoms with van der Waals surface area (Å²) in [6, 6.07) is 15.5. The molecule has 0 radical (unpaired) electrons. The Hall–Kier alpha value is -2.88. The lowest BCUT2D eigenvalue weighted by molar-refractivity contribution is -0.122. The second kappa shape index (κ2) is 6.71. The number of nitrogens with zero attached hydrogens (tertiary/aromatic N) is 1. The highest BCUT2D eigenvalue weighted by atomic mass is 16.5. The molecule has 4 heteroatoms. The summed E-state index contributed by atoms with van der Waals surface area (Å²) in [6.07, 6.45) is 1.11. The van der Waals surface area contributed by atoms with Gasteiger partial charge in [-0.15, -0.1) is 0 Å². The Bertz CT molecular complexity index is 884. The molecule has 0 aliphatic carbocycles. The molecule has 0 aliphatic heterocycles. The van der Waals surface area contributed by atoms with Gasteiger partial charge < -0.3 is 10.1 Å². The van der Waals surface area contributed by atoms with Crippen molar-refractivity contribution in [3.8, 4) is 5.75 Å². The van der Waals surface area contributed by atoms with Gasteiger partial charge >= 0.3 is 0 Å². The first-order valence-electron chi connectivity index (χ1n) is 7.93.